The molecule has 0 aromatic heterocycles. The van der Waals surface area contributed by atoms with Crippen LogP contribution in [0.2, 0.25) is 0 Å². The highest BCUT2D eigenvalue weighted by molar-refractivity contribution is 5.74. The van der Waals surface area contributed by atoms with Crippen LogP contribution in [-0.4, -0.2) is 6.21 Å². The average molecular weight is 161 g/mol. The molecule has 1 nitrogen and oxygen atoms in total. The van der Waals surface area contributed by atoms with Crippen molar-refractivity contribution in [3.05, 3.63) is 36.6 Å². The SMILES string of the molecule is C=CC(C)C1C=CC=N/C1=C/C. The molecule has 0 amide bonds. The number of dihydropyridines is 1. The first-order valence-electron chi connectivity index (χ1n) is 4.29. The maximum Gasteiger partial charge on any atom is 0.0435 e. The highest BCUT2D eigenvalue weighted by Crippen LogP contribution is 2.25. The van der Waals surface area contributed by atoms with E-state index in [-0.39, 0.29) is 0 Å². The smallest absolute Gasteiger partial charge is 0.0435 e. The van der Waals surface area contributed by atoms with Gasteiger partial charge in [-0.25, -0.2) is 0 Å². The Labute approximate surface area is 74.2 Å². The Morgan fingerprint density at radius 1 is 1.67 bits per heavy atom. The monoisotopic (exact) mass is 161 g/mol. The molecule has 0 saturated heterocycles. The van der Waals surface area contributed by atoms with Crippen molar-refractivity contribution in [3.8, 4) is 0 Å². The van der Waals surface area contributed by atoms with Gasteiger partial charge in [-0.1, -0.05) is 25.2 Å². The number of rotatable bonds is 2. The summed E-state index contributed by atoms with van der Waals surface area (Å²) in [5.74, 6) is 0.877. The zero-order valence-electron chi connectivity index (χ0n) is 7.70. The summed E-state index contributed by atoms with van der Waals surface area (Å²) in [7, 11) is 0. The van der Waals surface area contributed by atoms with Gasteiger partial charge in [-0.3, -0.25) is 4.99 Å². The molecule has 0 aliphatic carbocycles. The molecule has 1 aliphatic rings. The van der Waals surface area contributed by atoms with Gasteiger partial charge in [-0.2, -0.15) is 0 Å². The van der Waals surface area contributed by atoms with E-state index in [9.17, 15) is 0 Å². The van der Waals surface area contributed by atoms with E-state index in [0.717, 1.165) is 5.70 Å². The van der Waals surface area contributed by atoms with Crippen LogP contribution in [-0.2, 0) is 0 Å². The van der Waals surface area contributed by atoms with Crippen LogP contribution in [0.25, 0.3) is 0 Å². The van der Waals surface area contributed by atoms with Crippen molar-refractivity contribution < 1.29 is 0 Å². The summed E-state index contributed by atoms with van der Waals surface area (Å²) < 4.78 is 0. The molecule has 2 unspecified atom stereocenters. The molecule has 2 atom stereocenters. The summed E-state index contributed by atoms with van der Waals surface area (Å²) >= 11 is 0. The Bertz CT molecular complexity index is 246. The molecule has 1 heteroatoms. The molecular formula is C11H15N. The number of hydrogen-bond donors (Lipinski definition) is 0. The predicted molar refractivity (Wildman–Crippen MR) is 54.2 cm³/mol. The maximum atomic E-state index is 4.30. The first-order valence-corrected chi connectivity index (χ1v) is 4.29. The van der Waals surface area contributed by atoms with E-state index in [1.54, 1.807) is 0 Å². The standard InChI is InChI=1S/C11H15N/c1-4-9(3)10-7-6-8-12-11(10)5-2/h4-10H,1H2,2-3H3/b11-5+. The predicted octanol–water partition coefficient (Wildman–Crippen LogP) is 2.97. The van der Waals surface area contributed by atoms with Crippen LogP contribution < -0.4 is 0 Å². The Hall–Kier alpha value is -1.11. The van der Waals surface area contributed by atoms with E-state index in [1.807, 2.05) is 25.3 Å². The Balaban J connectivity index is 2.82. The Morgan fingerprint density at radius 3 is 3.00 bits per heavy atom. The zero-order valence-corrected chi connectivity index (χ0v) is 7.70. The van der Waals surface area contributed by atoms with Crippen molar-refractivity contribution >= 4 is 6.21 Å². The topological polar surface area (TPSA) is 12.4 Å². The van der Waals surface area contributed by atoms with Crippen LogP contribution in [0.1, 0.15) is 13.8 Å². The van der Waals surface area contributed by atoms with E-state index in [1.165, 1.54) is 0 Å². The second-order valence-corrected chi connectivity index (χ2v) is 3.00. The number of nitrogens with zero attached hydrogens (tertiary/aromatic N) is 1. The third-order valence-corrected chi connectivity index (χ3v) is 2.20. The van der Waals surface area contributed by atoms with Crippen molar-refractivity contribution in [1.82, 2.24) is 0 Å². The van der Waals surface area contributed by atoms with Crippen LogP contribution in [0, 0.1) is 11.8 Å². The van der Waals surface area contributed by atoms with Crippen molar-refractivity contribution in [1.29, 1.82) is 0 Å². The van der Waals surface area contributed by atoms with Gasteiger partial charge in [0.15, 0.2) is 0 Å². The molecule has 0 fully saturated rings. The van der Waals surface area contributed by atoms with Crippen LogP contribution in [0.15, 0.2) is 41.6 Å². The van der Waals surface area contributed by atoms with Gasteiger partial charge in [-0.15, -0.1) is 6.58 Å². The molecule has 0 saturated carbocycles. The molecule has 64 valence electrons. The lowest BCUT2D eigenvalue weighted by atomic mass is 9.89. The molecule has 0 radical (unpaired) electrons. The summed E-state index contributed by atoms with van der Waals surface area (Å²) in [6.07, 6.45) is 10.0. The highest BCUT2D eigenvalue weighted by Gasteiger charge is 2.16. The Kier molecular flexibility index (Phi) is 3.03. The molecule has 0 spiro atoms. The summed E-state index contributed by atoms with van der Waals surface area (Å²) in [5, 5.41) is 0. The molecule has 0 bridgehead atoms. The van der Waals surface area contributed by atoms with E-state index in [4.69, 9.17) is 0 Å². The summed E-state index contributed by atoms with van der Waals surface area (Å²) in [5.41, 5.74) is 1.14. The lowest BCUT2D eigenvalue weighted by Crippen LogP contribution is -2.11. The second-order valence-electron chi connectivity index (χ2n) is 3.00. The maximum absolute atomic E-state index is 4.30. The zero-order chi connectivity index (χ0) is 8.97. The summed E-state index contributed by atoms with van der Waals surface area (Å²) in [6.45, 7) is 7.97. The fraction of sp³-hybridized carbons (Fsp3) is 0.364. The van der Waals surface area contributed by atoms with Gasteiger partial charge in [0.2, 0.25) is 0 Å². The van der Waals surface area contributed by atoms with E-state index in [2.05, 4.69) is 30.6 Å². The molecule has 0 aromatic carbocycles. The molecule has 1 heterocycles. The molecule has 0 N–H and O–H groups in total. The summed E-state index contributed by atoms with van der Waals surface area (Å²) in [6, 6.07) is 0. The fourth-order valence-electron chi connectivity index (χ4n) is 1.34. The van der Waals surface area contributed by atoms with Gasteiger partial charge in [-0.05, 0) is 18.9 Å². The van der Waals surface area contributed by atoms with Crippen molar-refractivity contribution in [2.45, 2.75) is 13.8 Å². The third kappa shape index (κ3) is 1.73. The van der Waals surface area contributed by atoms with Gasteiger partial charge in [0, 0.05) is 17.8 Å². The molecular weight excluding hydrogens is 146 g/mol. The van der Waals surface area contributed by atoms with Crippen molar-refractivity contribution in [2.75, 3.05) is 0 Å². The van der Waals surface area contributed by atoms with Gasteiger partial charge in [0.05, 0.1) is 0 Å². The minimum absolute atomic E-state index is 0.414. The van der Waals surface area contributed by atoms with Crippen LogP contribution in [0.5, 0.6) is 0 Å². The quantitative estimate of drug-likeness (QED) is 0.552. The average Bonchev–Trinajstić information content (AvgIpc) is 2.16. The van der Waals surface area contributed by atoms with E-state index >= 15 is 0 Å². The van der Waals surface area contributed by atoms with Crippen molar-refractivity contribution in [3.63, 3.8) is 0 Å². The minimum atomic E-state index is 0.414. The van der Waals surface area contributed by atoms with E-state index < -0.39 is 0 Å². The van der Waals surface area contributed by atoms with E-state index in [0.29, 0.717) is 11.8 Å². The van der Waals surface area contributed by atoms with Gasteiger partial charge in [0.25, 0.3) is 0 Å². The summed E-state index contributed by atoms with van der Waals surface area (Å²) in [4.78, 5) is 4.30. The van der Waals surface area contributed by atoms with Gasteiger partial charge in [0.1, 0.15) is 0 Å². The molecule has 1 rings (SSSR count). The Morgan fingerprint density at radius 2 is 2.42 bits per heavy atom. The third-order valence-electron chi connectivity index (χ3n) is 2.20. The number of aliphatic imine (C=N–C) groups is 1. The first kappa shape index (κ1) is 8.98. The molecule has 0 aromatic rings. The highest BCUT2D eigenvalue weighted by atomic mass is 14.7. The number of allylic oxidation sites excluding steroid dienone is 4. The number of hydrogen-bond acceptors (Lipinski definition) is 1. The lowest BCUT2D eigenvalue weighted by Gasteiger charge is -2.19. The van der Waals surface area contributed by atoms with Crippen LogP contribution >= 0.6 is 0 Å². The van der Waals surface area contributed by atoms with Crippen LogP contribution in [0.4, 0.5) is 0 Å². The second kappa shape index (κ2) is 4.05. The molecule has 12 heavy (non-hydrogen) atoms. The minimum Gasteiger partial charge on any atom is -0.261 e. The van der Waals surface area contributed by atoms with Crippen LogP contribution in [0.3, 0.4) is 0 Å². The lowest BCUT2D eigenvalue weighted by molar-refractivity contribution is 0.576. The normalized spacial score (nSPS) is 27.5. The van der Waals surface area contributed by atoms with Gasteiger partial charge >= 0.3 is 0 Å². The molecule has 1 aliphatic heterocycles. The fourth-order valence-corrected chi connectivity index (χ4v) is 1.34. The van der Waals surface area contributed by atoms with Crippen molar-refractivity contribution in [2.24, 2.45) is 16.8 Å². The largest absolute Gasteiger partial charge is 0.261 e. The first-order chi connectivity index (χ1) is 5.79. The van der Waals surface area contributed by atoms with Gasteiger partial charge < -0.3 is 0 Å².